The van der Waals surface area contributed by atoms with Crippen LogP contribution in [0.25, 0.3) is 0 Å². The quantitative estimate of drug-likeness (QED) is 0.425. The molecular weight excluding hydrogens is 240 g/mol. The van der Waals surface area contributed by atoms with Crippen LogP contribution < -0.4 is 11.3 Å². The summed E-state index contributed by atoms with van der Waals surface area (Å²) in [5, 5.41) is 0.715. The Bertz CT molecular complexity index is 323. The number of nitrogens with one attached hydrogen (secondary N) is 1. The molecule has 0 saturated carbocycles. The van der Waals surface area contributed by atoms with Crippen LogP contribution in [0.2, 0.25) is 5.02 Å². The molecule has 5 heteroatoms. The van der Waals surface area contributed by atoms with Crippen molar-refractivity contribution in [1.82, 2.24) is 5.43 Å². The minimum absolute atomic E-state index is 0.00578. The van der Waals surface area contributed by atoms with Gasteiger partial charge in [0.25, 0.3) is 0 Å². The van der Waals surface area contributed by atoms with Gasteiger partial charge < -0.3 is 9.47 Å². The number of rotatable bonds is 8. The maximum atomic E-state index is 6.10. The van der Waals surface area contributed by atoms with Crippen LogP contribution in [0.3, 0.4) is 0 Å². The normalized spacial score (nSPS) is 12.6. The molecule has 0 amide bonds. The van der Waals surface area contributed by atoms with Gasteiger partial charge in [0.1, 0.15) is 0 Å². The van der Waals surface area contributed by atoms with Crippen molar-refractivity contribution in [3.05, 3.63) is 34.9 Å². The van der Waals surface area contributed by atoms with Crippen LogP contribution in [0.4, 0.5) is 0 Å². The molecular formula is C12H19ClN2O2. The van der Waals surface area contributed by atoms with E-state index in [2.05, 4.69) is 5.43 Å². The molecule has 1 atom stereocenters. The zero-order chi connectivity index (χ0) is 12.5. The molecule has 0 bridgehead atoms. The monoisotopic (exact) mass is 258 g/mol. The largest absolute Gasteiger partial charge is 0.382 e. The van der Waals surface area contributed by atoms with Crippen molar-refractivity contribution in [2.75, 3.05) is 26.9 Å². The first-order valence-electron chi connectivity index (χ1n) is 5.56. The molecule has 96 valence electrons. The molecule has 0 aromatic heterocycles. The number of nitrogens with two attached hydrogens (primary N) is 1. The van der Waals surface area contributed by atoms with Crippen LogP contribution in [0, 0.1) is 0 Å². The summed E-state index contributed by atoms with van der Waals surface area (Å²) in [6.45, 7) is 1.81. The topological polar surface area (TPSA) is 56.5 Å². The Balaban J connectivity index is 2.41. The van der Waals surface area contributed by atoms with Crippen molar-refractivity contribution >= 4 is 11.6 Å². The molecule has 4 nitrogen and oxygen atoms in total. The summed E-state index contributed by atoms with van der Waals surface area (Å²) in [5.41, 5.74) is 3.75. The highest BCUT2D eigenvalue weighted by molar-refractivity contribution is 6.31. The first-order valence-corrected chi connectivity index (χ1v) is 5.94. The Kier molecular flexibility index (Phi) is 7.16. The van der Waals surface area contributed by atoms with Gasteiger partial charge in [-0.2, -0.15) is 0 Å². The molecule has 1 unspecified atom stereocenters. The highest BCUT2D eigenvalue weighted by atomic mass is 35.5. The van der Waals surface area contributed by atoms with Crippen molar-refractivity contribution < 1.29 is 9.47 Å². The van der Waals surface area contributed by atoms with Crippen molar-refractivity contribution in [2.24, 2.45) is 5.84 Å². The summed E-state index contributed by atoms with van der Waals surface area (Å²) >= 11 is 6.10. The van der Waals surface area contributed by atoms with Gasteiger partial charge >= 0.3 is 0 Å². The summed E-state index contributed by atoms with van der Waals surface area (Å²) in [6, 6.07) is 7.66. The third kappa shape index (κ3) is 5.02. The van der Waals surface area contributed by atoms with Gasteiger partial charge in [0.05, 0.1) is 13.2 Å². The number of hydrogen-bond donors (Lipinski definition) is 2. The number of hydrogen-bond acceptors (Lipinski definition) is 4. The van der Waals surface area contributed by atoms with E-state index in [4.69, 9.17) is 26.9 Å². The lowest BCUT2D eigenvalue weighted by atomic mass is 10.1. The second-order valence-electron chi connectivity index (χ2n) is 3.63. The lowest BCUT2D eigenvalue weighted by Crippen LogP contribution is -2.29. The molecule has 1 aromatic rings. The fraction of sp³-hybridized carbons (Fsp3) is 0.500. The van der Waals surface area contributed by atoms with E-state index >= 15 is 0 Å². The minimum atomic E-state index is 0.00578. The molecule has 0 saturated heterocycles. The predicted octanol–water partition coefficient (Wildman–Crippen LogP) is 1.90. The van der Waals surface area contributed by atoms with E-state index in [0.29, 0.717) is 24.8 Å². The van der Waals surface area contributed by atoms with E-state index < -0.39 is 0 Å². The van der Waals surface area contributed by atoms with E-state index in [9.17, 15) is 0 Å². The van der Waals surface area contributed by atoms with Crippen LogP contribution in [0.15, 0.2) is 24.3 Å². The lowest BCUT2D eigenvalue weighted by molar-refractivity contribution is 0.0658. The Morgan fingerprint density at radius 3 is 2.71 bits per heavy atom. The zero-order valence-electron chi connectivity index (χ0n) is 9.99. The van der Waals surface area contributed by atoms with Gasteiger partial charge in [-0.05, 0) is 18.1 Å². The van der Waals surface area contributed by atoms with E-state index in [0.717, 1.165) is 12.0 Å². The molecule has 0 heterocycles. The Labute approximate surface area is 107 Å². The maximum absolute atomic E-state index is 6.10. The second-order valence-corrected chi connectivity index (χ2v) is 4.04. The Hall–Kier alpha value is -0.650. The molecule has 0 fully saturated rings. The van der Waals surface area contributed by atoms with E-state index in [1.54, 1.807) is 7.11 Å². The summed E-state index contributed by atoms with van der Waals surface area (Å²) in [4.78, 5) is 0. The third-order valence-corrected chi connectivity index (χ3v) is 2.81. The highest BCUT2D eigenvalue weighted by Crippen LogP contribution is 2.24. The van der Waals surface area contributed by atoms with E-state index in [1.807, 2.05) is 24.3 Å². The first kappa shape index (κ1) is 14.4. The van der Waals surface area contributed by atoms with Crippen molar-refractivity contribution in [3.8, 4) is 0 Å². The second kappa shape index (κ2) is 8.44. The molecule has 1 rings (SSSR count). The number of ether oxygens (including phenoxy) is 2. The SMILES string of the molecule is COCCOCCC(NN)c1ccccc1Cl. The van der Waals surface area contributed by atoms with Crippen LogP contribution in [-0.2, 0) is 9.47 Å². The van der Waals surface area contributed by atoms with Gasteiger partial charge in [0.15, 0.2) is 0 Å². The number of hydrazine groups is 1. The van der Waals surface area contributed by atoms with Crippen molar-refractivity contribution in [2.45, 2.75) is 12.5 Å². The molecule has 17 heavy (non-hydrogen) atoms. The van der Waals surface area contributed by atoms with Crippen molar-refractivity contribution in [3.63, 3.8) is 0 Å². The first-order chi connectivity index (χ1) is 8.29. The van der Waals surface area contributed by atoms with Crippen LogP contribution >= 0.6 is 11.6 Å². The summed E-state index contributed by atoms with van der Waals surface area (Å²) in [5.74, 6) is 5.53. The molecule has 0 aliphatic heterocycles. The number of methoxy groups -OCH3 is 1. The summed E-state index contributed by atoms with van der Waals surface area (Å²) in [6.07, 6.45) is 0.768. The minimum Gasteiger partial charge on any atom is -0.382 e. The average Bonchev–Trinajstić information content (AvgIpc) is 2.35. The van der Waals surface area contributed by atoms with Crippen molar-refractivity contribution in [1.29, 1.82) is 0 Å². The van der Waals surface area contributed by atoms with Crippen LogP contribution in [-0.4, -0.2) is 26.9 Å². The average molecular weight is 259 g/mol. The summed E-state index contributed by atoms with van der Waals surface area (Å²) < 4.78 is 10.3. The molecule has 0 spiro atoms. The summed E-state index contributed by atoms with van der Waals surface area (Å²) in [7, 11) is 1.65. The number of benzene rings is 1. The van der Waals surface area contributed by atoms with Gasteiger partial charge in [-0.3, -0.25) is 11.3 Å². The lowest BCUT2D eigenvalue weighted by Gasteiger charge is -2.17. The molecule has 0 aliphatic rings. The molecule has 0 radical (unpaired) electrons. The van der Waals surface area contributed by atoms with Crippen LogP contribution in [0.5, 0.6) is 0 Å². The van der Waals surface area contributed by atoms with Gasteiger partial charge in [-0.15, -0.1) is 0 Å². The Morgan fingerprint density at radius 2 is 2.06 bits per heavy atom. The molecule has 3 N–H and O–H groups in total. The fourth-order valence-electron chi connectivity index (χ4n) is 1.53. The predicted molar refractivity (Wildman–Crippen MR) is 68.8 cm³/mol. The zero-order valence-corrected chi connectivity index (χ0v) is 10.7. The van der Waals surface area contributed by atoms with Gasteiger partial charge in [-0.25, -0.2) is 0 Å². The molecule has 0 aliphatic carbocycles. The van der Waals surface area contributed by atoms with E-state index in [-0.39, 0.29) is 6.04 Å². The Morgan fingerprint density at radius 1 is 1.29 bits per heavy atom. The highest BCUT2D eigenvalue weighted by Gasteiger charge is 2.12. The third-order valence-electron chi connectivity index (χ3n) is 2.46. The standard InChI is InChI=1S/C12H19ClN2O2/c1-16-8-9-17-7-6-12(15-14)10-4-2-3-5-11(10)13/h2-5,12,15H,6-9,14H2,1H3. The van der Waals surface area contributed by atoms with Crippen LogP contribution in [0.1, 0.15) is 18.0 Å². The smallest absolute Gasteiger partial charge is 0.0700 e. The molecule has 1 aromatic carbocycles. The van der Waals surface area contributed by atoms with Gasteiger partial charge in [0.2, 0.25) is 0 Å². The van der Waals surface area contributed by atoms with Gasteiger partial charge in [-0.1, -0.05) is 29.8 Å². The maximum Gasteiger partial charge on any atom is 0.0700 e. The fourth-order valence-corrected chi connectivity index (χ4v) is 1.80. The van der Waals surface area contributed by atoms with E-state index in [1.165, 1.54) is 0 Å². The van der Waals surface area contributed by atoms with Gasteiger partial charge in [0, 0.05) is 24.8 Å². The number of halogens is 1.